The van der Waals surface area contributed by atoms with E-state index in [0.717, 1.165) is 12.8 Å². The Morgan fingerprint density at radius 2 is 2.11 bits per heavy atom. The maximum Gasteiger partial charge on any atom is 0.288 e. The van der Waals surface area contributed by atoms with Crippen molar-refractivity contribution in [2.75, 3.05) is 5.32 Å². The number of thioether (sulfide) groups is 1. The van der Waals surface area contributed by atoms with Crippen LogP contribution in [-0.2, 0) is 4.79 Å². The van der Waals surface area contributed by atoms with Crippen LogP contribution in [0.4, 0.5) is 14.5 Å². The summed E-state index contributed by atoms with van der Waals surface area (Å²) in [5, 5.41) is 2.61. The van der Waals surface area contributed by atoms with Crippen molar-refractivity contribution in [2.45, 2.75) is 42.9 Å². The second kappa shape index (κ2) is 8.12. The second-order valence-corrected chi connectivity index (χ2v) is 5.14. The molecule has 0 bridgehead atoms. The third kappa shape index (κ3) is 5.57. The molecule has 3 N–H and O–H groups in total. The molecule has 0 saturated carbocycles. The number of unbranched alkanes of at least 4 members (excludes halogenated alkanes) is 1. The van der Waals surface area contributed by atoms with E-state index in [1.54, 1.807) is 24.3 Å². The topological polar surface area (TPSA) is 55.1 Å². The SMILES string of the molecule is CCCC[C@H](N)C(=O)Nc1ccccc1SC(F)F. The van der Waals surface area contributed by atoms with Crippen LogP contribution in [0.25, 0.3) is 0 Å². The predicted molar refractivity (Wildman–Crippen MR) is 74.4 cm³/mol. The summed E-state index contributed by atoms with van der Waals surface area (Å²) in [6, 6.07) is 5.86. The largest absolute Gasteiger partial charge is 0.324 e. The van der Waals surface area contributed by atoms with Crippen LogP contribution < -0.4 is 11.1 Å². The zero-order chi connectivity index (χ0) is 14.3. The molecule has 6 heteroatoms. The number of amides is 1. The number of halogens is 2. The van der Waals surface area contributed by atoms with Crippen molar-refractivity contribution in [1.82, 2.24) is 0 Å². The van der Waals surface area contributed by atoms with E-state index in [-0.39, 0.29) is 5.91 Å². The average Bonchev–Trinajstić information content (AvgIpc) is 2.37. The summed E-state index contributed by atoms with van der Waals surface area (Å²) in [7, 11) is 0. The predicted octanol–water partition coefficient (Wildman–Crippen LogP) is 3.46. The highest BCUT2D eigenvalue weighted by atomic mass is 32.2. The second-order valence-electron chi connectivity index (χ2n) is 4.11. The zero-order valence-corrected chi connectivity index (χ0v) is 11.6. The molecule has 1 rings (SSSR count). The van der Waals surface area contributed by atoms with Crippen molar-refractivity contribution in [3.8, 4) is 0 Å². The number of carbonyl (C=O) groups excluding carboxylic acids is 1. The highest BCUT2D eigenvalue weighted by molar-refractivity contribution is 7.99. The van der Waals surface area contributed by atoms with Crippen LogP contribution in [0.2, 0.25) is 0 Å². The molecule has 19 heavy (non-hydrogen) atoms. The third-order valence-corrected chi connectivity index (χ3v) is 3.35. The first-order valence-corrected chi connectivity index (χ1v) is 7.02. The molecule has 1 aromatic rings. The molecule has 0 saturated heterocycles. The van der Waals surface area contributed by atoms with Crippen molar-refractivity contribution in [1.29, 1.82) is 0 Å². The molecular formula is C13H18F2N2OS. The number of benzene rings is 1. The lowest BCUT2D eigenvalue weighted by atomic mass is 10.1. The number of hydrogen-bond acceptors (Lipinski definition) is 3. The Labute approximate surface area is 115 Å². The summed E-state index contributed by atoms with van der Waals surface area (Å²) in [4.78, 5) is 12.2. The fourth-order valence-corrected chi connectivity index (χ4v) is 2.14. The standard InChI is InChI=1S/C13H18F2N2OS/c1-2-3-6-9(16)12(18)17-10-7-4-5-8-11(10)19-13(14)15/h4-5,7-9,13H,2-3,6,16H2,1H3,(H,17,18)/t9-/m0/s1. The molecule has 106 valence electrons. The first-order chi connectivity index (χ1) is 9.04. The Morgan fingerprint density at radius 1 is 1.42 bits per heavy atom. The van der Waals surface area contributed by atoms with Crippen LogP contribution in [0.15, 0.2) is 29.2 Å². The molecule has 0 radical (unpaired) electrons. The molecular weight excluding hydrogens is 270 g/mol. The minimum absolute atomic E-state index is 0.337. The summed E-state index contributed by atoms with van der Waals surface area (Å²) < 4.78 is 24.8. The minimum Gasteiger partial charge on any atom is -0.324 e. The van der Waals surface area contributed by atoms with E-state index in [2.05, 4.69) is 5.32 Å². The van der Waals surface area contributed by atoms with Gasteiger partial charge in [-0.1, -0.05) is 43.7 Å². The number of para-hydroxylation sites is 1. The van der Waals surface area contributed by atoms with Crippen LogP contribution in [0.1, 0.15) is 26.2 Å². The number of nitrogens with one attached hydrogen (secondary N) is 1. The summed E-state index contributed by atoms with van der Waals surface area (Å²) in [5.41, 5.74) is 6.11. The van der Waals surface area contributed by atoms with Crippen molar-refractivity contribution in [3.63, 3.8) is 0 Å². The van der Waals surface area contributed by atoms with Crippen LogP contribution in [0.5, 0.6) is 0 Å². The average molecular weight is 288 g/mol. The van der Waals surface area contributed by atoms with Crippen molar-refractivity contribution in [3.05, 3.63) is 24.3 Å². The fraction of sp³-hybridized carbons (Fsp3) is 0.462. The number of hydrogen-bond donors (Lipinski definition) is 2. The van der Waals surface area contributed by atoms with E-state index in [0.29, 0.717) is 28.8 Å². The normalized spacial score (nSPS) is 12.5. The highest BCUT2D eigenvalue weighted by Crippen LogP contribution is 2.31. The lowest BCUT2D eigenvalue weighted by molar-refractivity contribution is -0.117. The summed E-state index contributed by atoms with van der Waals surface area (Å²) in [5.74, 6) is -2.86. The first-order valence-electron chi connectivity index (χ1n) is 6.15. The Morgan fingerprint density at radius 3 is 2.74 bits per heavy atom. The molecule has 0 heterocycles. The molecule has 1 atom stereocenters. The van der Waals surface area contributed by atoms with Gasteiger partial charge in [0.25, 0.3) is 5.76 Å². The lowest BCUT2D eigenvalue weighted by Gasteiger charge is -2.14. The molecule has 1 aromatic carbocycles. The van der Waals surface area contributed by atoms with Crippen LogP contribution in [-0.4, -0.2) is 17.7 Å². The monoisotopic (exact) mass is 288 g/mol. The van der Waals surface area contributed by atoms with Crippen LogP contribution in [0.3, 0.4) is 0 Å². The van der Waals surface area contributed by atoms with Gasteiger partial charge in [-0.15, -0.1) is 0 Å². The summed E-state index contributed by atoms with van der Waals surface area (Å²) >= 11 is 0.408. The first kappa shape index (κ1) is 15.9. The number of rotatable bonds is 7. The van der Waals surface area contributed by atoms with Gasteiger partial charge in [0.2, 0.25) is 5.91 Å². The fourth-order valence-electron chi connectivity index (χ4n) is 1.55. The molecule has 3 nitrogen and oxygen atoms in total. The van der Waals surface area contributed by atoms with Crippen LogP contribution >= 0.6 is 11.8 Å². The number of nitrogens with two attached hydrogens (primary N) is 1. The van der Waals surface area contributed by atoms with Gasteiger partial charge in [-0.25, -0.2) is 0 Å². The van der Waals surface area contributed by atoms with Gasteiger partial charge in [0.1, 0.15) is 0 Å². The number of anilines is 1. The maximum absolute atomic E-state index is 12.4. The quantitative estimate of drug-likeness (QED) is 0.755. The molecule has 0 aliphatic heterocycles. The highest BCUT2D eigenvalue weighted by Gasteiger charge is 2.16. The molecule has 1 amide bonds. The smallest absolute Gasteiger partial charge is 0.288 e. The van der Waals surface area contributed by atoms with E-state index in [4.69, 9.17) is 5.73 Å². The van der Waals surface area contributed by atoms with Crippen molar-refractivity contribution in [2.24, 2.45) is 5.73 Å². The van der Waals surface area contributed by atoms with Gasteiger partial charge >= 0.3 is 0 Å². The van der Waals surface area contributed by atoms with E-state index in [9.17, 15) is 13.6 Å². The van der Waals surface area contributed by atoms with E-state index in [1.807, 2.05) is 6.92 Å². The molecule has 0 spiro atoms. The van der Waals surface area contributed by atoms with Gasteiger partial charge in [-0.05, 0) is 18.6 Å². The van der Waals surface area contributed by atoms with Crippen molar-refractivity contribution < 1.29 is 13.6 Å². The summed E-state index contributed by atoms with van der Waals surface area (Å²) in [6.07, 6.45) is 2.41. The Hall–Kier alpha value is -1.14. The van der Waals surface area contributed by atoms with E-state index >= 15 is 0 Å². The van der Waals surface area contributed by atoms with Gasteiger partial charge < -0.3 is 11.1 Å². The van der Waals surface area contributed by atoms with E-state index < -0.39 is 11.8 Å². The number of carbonyl (C=O) groups is 1. The van der Waals surface area contributed by atoms with Gasteiger partial charge in [0, 0.05) is 4.90 Å². The number of alkyl halides is 2. The van der Waals surface area contributed by atoms with Gasteiger partial charge in [-0.2, -0.15) is 8.78 Å². The molecule has 0 aromatic heterocycles. The van der Waals surface area contributed by atoms with Gasteiger partial charge in [-0.3, -0.25) is 4.79 Å². The van der Waals surface area contributed by atoms with E-state index in [1.165, 1.54) is 0 Å². The van der Waals surface area contributed by atoms with Crippen LogP contribution in [0, 0.1) is 0 Å². The molecule has 0 fully saturated rings. The Balaban J connectivity index is 2.68. The third-order valence-electron chi connectivity index (χ3n) is 2.57. The Kier molecular flexibility index (Phi) is 6.80. The summed E-state index contributed by atoms with van der Waals surface area (Å²) in [6.45, 7) is 2.01. The molecule has 0 aliphatic carbocycles. The minimum atomic E-state index is -2.52. The molecule has 0 aliphatic rings. The van der Waals surface area contributed by atoms with Crippen molar-refractivity contribution >= 4 is 23.4 Å². The van der Waals surface area contributed by atoms with Gasteiger partial charge in [0.05, 0.1) is 11.7 Å². The Bertz CT molecular complexity index is 415. The zero-order valence-electron chi connectivity index (χ0n) is 10.7. The molecule has 0 unspecified atom stereocenters. The van der Waals surface area contributed by atoms with Gasteiger partial charge in [0.15, 0.2) is 0 Å². The lowest BCUT2D eigenvalue weighted by Crippen LogP contribution is -2.35. The maximum atomic E-state index is 12.4.